The highest BCUT2D eigenvalue weighted by molar-refractivity contribution is 5.71. The van der Waals surface area contributed by atoms with Crippen LogP contribution in [0.4, 0.5) is 0 Å². The fraction of sp³-hybridized carbons (Fsp3) is 0.400. The molecule has 0 amide bonds. The molecule has 0 saturated heterocycles. The first-order chi connectivity index (χ1) is 4.34. The number of hydroxylamine groups is 2. The van der Waals surface area contributed by atoms with E-state index in [1.807, 2.05) is 0 Å². The van der Waals surface area contributed by atoms with Gasteiger partial charge in [0, 0.05) is 12.4 Å². The zero-order chi connectivity index (χ0) is 6.69. The number of aliphatic imine (C=N–C) groups is 1. The Morgan fingerprint density at radius 3 is 3.00 bits per heavy atom. The lowest BCUT2D eigenvalue weighted by atomic mass is 10.5. The average molecular weight is 127 g/mol. The first kappa shape index (κ1) is 6.25. The third-order valence-electron chi connectivity index (χ3n) is 1.06. The van der Waals surface area contributed by atoms with Gasteiger partial charge in [0.05, 0.1) is 0 Å². The van der Waals surface area contributed by atoms with Crippen molar-refractivity contribution in [3.8, 4) is 0 Å². The molecule has 1 aliphatic rings. The van der Waals surface area contributed by atoms with Crippen LogP contribution in [0, 0.1) is 0 Å². The molecule has 4 heteroatoms. The molecule has 0 aromatic carbocycles. The summed E-state index contributed by atoms with van der Waals surface area (Å²) < 4.78 is 0. The van der Waals surface area contributed by atoms with Crippen LogP contribution >= 0.6 is 0 Å². The van der Waals surface area contributed by atoms with Gasteiger partial charge in [-0.3, -0.25) is 15.5 Å². The highest BCUT2D eigenvalue weighted by Gasteiger charge is 2.08. The summed E-state index contributed by atoms with van der Waals surface area (Å²) in [5, 5.41) is 12.7. The predicted molar refractivity (Wildman–Crippen MR) is 34.1 cm³/mol. The van der Waals surface area contributed by atoms with Crippen LogP contribution < -0.4 is 5.32 Å². The number of rotatable bonds is 1. The van der Waals surface area contributed by atoms with Crippen molar-refractivity contribution in [3.63, 3.8) is 0 Å². The summed E-state index contributed by atoms with van der Waals surface area (Å²) in [5.41, 5.74) is 0. The molecule has 0 aliphatic carbocycles. The minimum absolute atomic E-state index is 0.324. The van der Waals surface area contributed by atoms with E-state index in [2.05, 4.69) is 10.3 Å². The average Bonchev–Trinajstić information content (AvgIpc) is 1.89. The van der Waals surface area contributed by atoms with Gasteiger partial charge in [-0.25, -0.2) is 5.06 Å². The molecule has 1 aliphatic heterocycles. The fourth-order valence-corrected chi connectivity index (χ4v) is 0.615. The van der Waals surface area contributed by atoms with Gasteiger partial charge in [0.25, 0.3) is 0 Å². The van der Waals surface area contributed by atoms with Gasteiger partial charge in [0.1, 0.15) is 0 Å². The highest BCUT2D eigenvalue weighted by Crippen LogP contribution is 1.97. The largest absolute Gasteiger partial charge is 0.286 e. The van der Waals surface area contributed by atoms with Crippen molar-refractivity contribution in [1.29, 1.82) is 0 Å². The molecule has 0 aromatic heterocycles. The Hall–Kier alpha value is -0.870. The maximum Gasteiger partial charge on any atom is 0.198 e. The monoisotopic (exact) mass is 127 g/mol. The van der Waals surface area contributed by atoms with Crippen molar-refractivity contribution in [2.24, 2.45) is 4.99 Å². The molecule has 2 N–H and O–H groups in total. The van der Waals surface area contributed by atoms with Gasteiger partial charge in [-0.15, -0.1) is 0 Å². The fourth-order valence-electron chi connectivity index (χ4n) is 0.615. The zero-order valence-corrected chi connectivity index (χ0v) is 5.15. The standard InChI is InChI=1S/C5H9N3O/c1-6-5-7-3-2-4-8(5)9/h2-6,9H,1H3. The van der Waals surface area contributed by atoms with Gasteiger partial charge in [-0.05, 0) is 13.1 Å². The van der Waals surface area contributed by atoms with Crippen LogP contribution in [0.15, 0.2) is 17.3 Å². The number of nitrogens with one attached hydrogen (secondary N) is 1. The number of nitrogens with zero attached hydrogens (tertiary/aromatic N) is 2. The van der Waals surface area contributed by atoms with Crippen LogP contribution in [0.25, 0.3) is 0 Å². The molecule has 0 spiro atoms. The predicted octanol–water partition coefficient (Wildman–Crippen LogP) is -0.221. The molecule has 1 unspecified atom stereocenters. The van der Waals surface area contributed by atoms with Crippen molar-refractivity contribution in [2.75, 3.05) is 7.05 Å². The third-order valence-corrected chi connectivity index (χ3v) is 1.06. The third kappa shape index (κ3) is 1.28. The van der Waals surface area contributed by atoms with Gasteiger partial charge in [0.15, 0.2) is 6.29 Å². The van der Waals surface area contributed by atoms with Gasteiger partial charge >= 0.3 is 0 Å². The van der Waals surface area contributed by atoms with Crippen LogP contribution in [0.1, 0.15) is 0 Å². The molecule has 1 heterocycles. The molecule has 50 valence electrons. The Bertz CT molecular complexity index is 143. The summed E-state index contributed by atoms with van der Waals surface area (Å²) in [6.45, 7) is 0. The summed E-state index contributed by atoms with van der Waals surface area (Å²) in [5.74, 6) is 0. The van der Waals surface area contributed by atoms with Gasteiger partial charge < -0.3 is 0 Å². The summed E-state index contributed by atoms with van der Waals surface area (Å²) in [6, 6.07) is 0. The minimum atomic E-state index is -0.324. The number of hydrogen-bond acceptors (Lipinski definition) is 4. The highest BCUT2D eigenvalue weighted by atomic mass is 16.5. The molecule has 0 radical (unpaired) electrons. The topological polar surface area (TPSA) is 47.9 Å². The summed E-state index contributed by atoms with van der Waals surface area (Å²) in [6.07, 6.45) is 4.51. The van der Waals surface area contributed by atoms with Crippen LogP contribution in [-0.4, -0.2) is 29.8 Å². The molecule has 4 nitrogen and oxygen atoms in total. The number of allylic oxidation sites excluding steroid dienone is 1. The van der Waals surface area contributed by atoms with E-state index < -0.39 is 0 Å². The Balaban J connectivity index is 2.55. The number of hydrogen-bond donors (Lipinski definition) is 2. The SMILES string of the molecule is CNC1N=CC=CN1O. The van der Waals surface area contributed by atoms with Gasteiger partial charge in [-0.1, -0.05) is 0 Å². The molecule has 9 heavy (non-hydrogen) atoms. The van der Waals surface area contributed by atoms with E-state index in [9.17, 15) is 0 Å². The van der Waals surface area contributed by atoms with Crippen molar-refractivity contribution in [3.05, 3.63) is 12.3 Å². The van der Waals surface area contributed by atoms with E-state index in [1.165, 1.54) is 6.20 Å². The van der Waals surface area contributed by atoms with E-state index in [0.717, 1.165) is 5.06 Å². The first-order valence-corrected chi connectivity index (χ1v) is 2.69. The maximum absolute atomic E-state index is 8.94. The van der Waals surface area contributed by atoms with Crippen LogP contribution in [0.3, 0.4) is 0 Å². The minimum Gasteiger partial charge on any atom is -0.286 e. The van der Waals surface area contributed by atoms with Crippen molar-refractivity contribution < 1.29 is 5.21 Å². The van der Waals surface area contributed by atoms with Crippen molar-refractivity contribution in [1.82, 2.24) is 10.4 Å². The molecule has 0 fully saturated rings. The quantitative estimate of drug-likeness (QED) is 0.512. The summed E-state index contributed by atoms with van der Waals surface area (Å²) >= 11 is 0. The van der Waals surface area contributed by atoms with E-state index in [1.54, 1.807) is 19.3 Å². The Morgan fingerprint density at radius 2 is 2.56 bits per heavy atom. The normalized spacial score (nSPS) is 25.1. The second-order valence-corrected chi connectivity index (χ2v) is 1.68. The van der Waals surface area contributed by atoms with E-state index in [4.69, 9.17) is 5.21 Å². The van der Waals surface area contributed by atoms with Crippen molar-refractivity contribution >= 4 is 6.21 Å². The Labute approximate surface area is 53.5 Å². The maximum atomic E-state index is 8.94. The zero-order valence-electron chi connectivity index (χ0n) is 5.15. The second kappa shape index (κ2) is 2.61. The van der Waals surface area contributed by atoms with Crippen LogP contribution in [0.2, 0.25) is 0 Å². The molecule has 1 rings (SSSR count). The van der Waals surface area contributed by atoms with Crippen molar-refractivity contribution in [2.45, 2.75) is 6.29 Å². The van der Waals surface area contributed by atoms with Gasteiger partial charge in [0.2, 0.25) is 0 Å². The lowest BCUT2D eigenvalue weighted by Gasteiger charge is -2.21. The Kier molecular flexibility index (Phi) is 1.81. The van der Waals surface area contributed by atoms with E-state index in [0.29, 0.717) is 0 Å². The molecule has 0 saturated carbocycles. The van der Waals surface area contributed by atoms with E-state index in [-0.39, 0.29) is 6.29 Å². The van der Waals surface area contributed by atoms with E-state index >= 15 is 0 Å². The Morgan fingerprint density at radius 1 is 1.78 bits per heavy atom. The first-order valence-electron chi connectivity index (χ1n) is 2.69. The molecular weight excluding hydrogens is 118 g/mol. The molecule has 0 bridgehead atoms. The smallest absolute Gasteiger partial charge is 0.198 e. The molecular formula is C5H9N3O. The van der Waals surface area contributed by atoms with Crippen LogP contribution in [0.5, 0.6) is 0 Å². The summed E-state index contributed by atoms with van der Waals surface area (Å²) in [7, 11) is 1.73. The van der Waals surface area contributed by atoms with Crippen LogP contribution in [-0.2, 0) is 0 Å². The van der Waals surface area contributed by atoms with Gasteiger partial charge in [-0.2, -0.15) is 0 Å². The molecule has 0 aromatic rings. The lowest BCUT2D eigenvalue weighted by Crippen LogP contribution is -2.38. The lowest BCUT2D eigenvalue weighted by molar-refractivity contribution is -0.0853. The second-order valence-electron chi connectivity index (χ2n) is 1.68. The molecule has 1 atom stereocenters. The summed E-state index contributed by atoms with van der Waals surface area (Å²) in [4.78, 5) is 3.88.